The highest BCUT2D eigenvalue weighted by atomic mass is 32.1. The van der Waals surface area contributed by atoms with Crippen LogP contribution in [0.5, 0.6) is 0 Å². The fourth-order valence-electron chi connectivity index (χ4n) is 5.51. The van der Waals surface area contributed by atoms with Gasteiger partial charge in [0.05, 0.1) is 34.9 Å². The van der Waals surface area contributed by atoms with Crippen LogP contribution in [0.25, 0.3) is 10.2 Å². The number of ether oxygens (including phenoxy) is 2. The molecule has 5 rings (SSSR count). The molecule has 0 bridgehead atoms. The number of carbonyl (C=O) groups is 2. The number of rotatable bonds is 9. The van der Waals surface area contributed by atoms with Gasteiger partial charge in [0.15, 0.2) is 12.5 Å². The first-order chi connectivity index (χ1) is 18.4. The summed E-state index contributed by atoms with van der Waals surface area (Å²) in [4.78, 5) is 32.3. The molecule has 2 aliphatic rings. The minimum absolute atomic E-state index is 0.156. The number of ketones is 1. The van der Waals surface area contributed by atoms with Gasteiger partial charge in [-0.1, -0.05) is 24.3 Å². The fourth-order valence-corrected chi connectivity index (χ4v) is 6.23. The number of nitrogens with zero attached hydrogens (tertiary/aromatic N) is 2. The molecule has 7 nitrogen and oxygen atoms in total. The molecule has 1 N–H and O–H groups in total. The number of benzene rings is 2. The number of para-hydroxylation sites is 1. The van der Waals surface area contributed by atoms with Crippen LogP contribution in [0.15, 0.2) is 48.0 Å². The Kier molecular flexibility index (Phi) is 8.35. The molecular formula is C29H34FN3O4S. The maximum absolute atomic E-state index is 15.1. The van der Waals surface area contributed by atoms with E-state index in [-0.39, 0.29) is 23.8 Å². The smallest absolute Gasteiger partial charge is 0.308 e. The molecule has 38 heavy (non-hydrogen) atoms. The molecule has 202 valence electrons. The Labute approximate surface area is 226 Å². The Morgan fingerprint density at radius 2 is 1.92 bits per heavy atom. The molecule has 3 unspecified atom stereocenters. The molecule has 0 radical (unpaired) electrons. The van der Waals surface area contributed by atoms with Crippen LogP contribution >= 0.6 is 11.3 Å². The van der Waals surface area contributed by atoms with Gasteiger partial charge in [-0.25, -0.2) is 14.3 Å². The number of anilines is 1. The lowest BCUT2D eigenvalue weighted by Crippen LogP contribution is -2.49. The van der Waals surface area contributed by atoms with Gasteiger partial charge in [0.25, 0.3) is 0 Å². The van der Waals surface area contributed by atoms with Crippen LogP contribution in [0.1, 0.15) is 55.7 Å². The number of hydrogen-bond acceptors (Lipinski definition) is 8. The summed E-state index contributed by atoms with van der Waals surface area (Å²) in [5.41, 5.74) is 5.29. The van der Waals surface area contributed by atoms with Crippen LogP contribution in [-0.2, 0) is 19.1 Å². The monoisotopic (exact) mass is 539 g/mol. The molecule has 0 amide bonds. The van der Waals surface area contributed by atoms with Crippen LogP contribution in [-0.4, -0.2) is 53.9 Å². The number of aryl methyl sites for hydroxylation is 1. The number of Topliss-reactive ketones (excluding diaryl/α,β-unsaturated/α-hetero) is 1. The maximum atomic E-state index is 15.1. The number of aromatic nitrogens is 1. The Balaban J connectivity index is 1.45. The van der Waals surface area contributed by atoms with Crippen molar-refractivity contribution in [3.05, 3.63) is 59.1 Å². The van der Waals surface area contributed by atoms with E-state index in [4.69, 9.17) is 9.47 Å². The maximum Gasteiger partial charge on any atom is 0.308 e. The van der Waals surface area contributed by atoms with E-state index in [2.05, 4.69) is 10.3 Å². The van der Waals surface area contributed by atoms with Gasteiger partial charge in [-0.3, -0.25) is 9.59 Å². The molecule has 0 spiro atoms. The van der Waals surface area contributed by atoms with Crippen LogP contribution in [0.3, 0.4) is 0 Å². The van der Waals surface area contributed by atoms with Gasteiger partial charge in [-0.2, -0.15) is 0 Å². The van der Waals surface area contributed by atoms with Crippen molar-refractivity contribution >= 4 is 39.0 Å². The van der Waals surface area contributed by atoms with Crippen LogP contribution in [0.2, 0.25) is 0 Å². The lowest BCUT2D eigenvalue weighted by atomic mass is 9.87. The van der Waals surface area contributed by atoms with Crippen LogP contribution in [0, 0.1) is 12.8 Å². The fraction of sp³-hybridized carbons (Fsp3) is 0.483. The van der Waals surface area contributed by atoms with Crippen LogP contribution < -0.4 is 5.32 Å². The summed E-state index contributed by atoms with van der Waals surface area (Å²) in [5, 5.41) is 3.45. The van der Waals surface area contributed by atoms with Crippen molar-refractivity contribution in [1.82, 2.24) is 9.88 Å². The summed E-state index contributed by atoms with van der Waals surface area (Å²) < 4.78 is 27.4. The predicted octanol–water partition coefficient (Wildman–Crippen LogP) is 5.79. The molecule has 2 fully saturated rings. The number of alkyl halides is 1. The van der Waals surface area contributed by atoms with E-state index < -0.39 is 18.6 Å². The normalized spacial score (nSPS) is 23.7. The SMILES string of the molecule is COC(=O)C1CCC(OC(C(=O)C(Nc2ccccc2C)c2ccc3ncsc3c2)N2CCCC2F)CC1. The van der Waals surface area contributed by atoms with Gasteiger partial charge in [-0.05, 0) is 74.8 Å². The Morgan fingerprint density at radius 1 is 1.13 bits per heavy atom. The number of esters is 1. The zero-order valence-electron chi connectivity index (χ0n) is 21.8. The second kappa shape index (κ2) is 11.9. The summed E-state index contributed by atoms with van der Waals surface area (Å²) in [6.45, 7) is 2.45. The minimum Gasteiger partial charge on any atom is -0.469 e. The molecule has 1 saturated carbocycles. The highest BCUT2D eigenvalue weighted by Gasteiger charge is 2.41. The molecule has 3 atom stereocenters. The first-order valence-electron chi connectivity index (χ1n) is 13.3. The number of halogens is 1. The van der Waals surface area contributed by atoms with E-state index >= 15 is 4.39 Å². The lowest BCUT2D eigenvalue weighted by Gasteiger charge is -2.36. The zero-order chi connectivity index (χ0) is 26.6. The molecular weight excluding hydrogens is 505 g/mol. The molecule has 2 aromatic carbocycles. The molecule has 1 aromatic heterocycles. The van der Waals surface area contributed by atoms with Crippen molar-refractivity contribution < 1.29 is 23.5 Å². The molecule has 3 aromatic rings. The predicted molar refractivity (Wildman–Crippen MR) is 146 cm³/mol. The van der Waals surface area contributed by atoms with Gasteiger partial charge in [0, 0.05) is 12.2 Å². The first-order valence-corrected chi connectivity index (χ1v) is 14.1. The third-order valence-electron chi connectivity index (χ3n) is 7.71. The van der Waals surface area contributed by atoms with Crippen LogP contribution in [0.4, 0.5) is 10.1 Å². The average Bonchev–Trinajstić information content (AvgIpc) is 3.59. The highest BCUT2D eigenvalue weighted by Crippen LogP contribution is 2.34. The topological polar surface area (TPSA) is 80.8 Å². The van der Waals surface area contributed by atoms with Crippen molar-refractivity contribution in [3.8, 4) is 0 Å². The number of likely N-dealkylation sites (tertiary alicyclic amines) is 1. The third kappa shape index (κ3) is 5.75. The molecule has 2 heterocycles. The number of thiazole rings is 1. The summed E-state index contributed by atoms with van der Waals surface area (Å²) in [6, 6.07) is 12.9. The number of nitrogens with one attached hydrogen (secondary N) is 1. The summed E-state index contributed by atoms with van der Waals surface area (Å²) in [5.74, 6) is -0.589. The number of hydrogen-bond donors (Lipinski definition) is 1. The number of fused-ring (bicyclic) bond motifs is 1. The molecule has 9 heteroatoms. The molecule has 1 saturated heterocycles. The van der Waals surface area contributed by atoms with Gasteiger partial charge in [0.2, 0.25) is 5.78 Å². The van der Waals surface area contributed by atoms with Gasteiger partial charge in [0.1, 0.15) is 6.04 Å². The van der Waals surface area contributed by atoms with Crippen molar-refractivity contribution in [2.75, 3.05) is 19.0 Å². The van der Waals surface area contributed by atoms with E-state index in [1.54, 1.807) is 10.4 Å². The standard InChI is InChI=1S/C29H34FN3O4S/c1-18-6-3-4-7-22(18)32-26(20-11-14-23-24(16-20)38-17-31-23)27(34)28(33-15-5-8-25(33)30)37-21-12-9-19(10-13-21)29(35)36-2/h3-4,6-7,11,14,16-17,19,21,25-26,28,32H,5,8-10,12-13,15H2,1-2H3. The lowest BCUT2D eigenvalue weighted by molar-refractivity contribution is -0.167. The minimum atomic E-state index is -1.24. The van der Waals surface area contributed by atoms with E-state index in [0.717, 1.165) is 27.0 Å². The second-order valence-corrected chi connectivity index (χ2v) is 11.1. The van der Waals surface area contributed by atoms with Crippen molar-refractivity contribution in [1.29, 1.82) is 0 Å². The van der Waals surface area contributed by atoms with E-state index in [0.29, 0.717) is 45.1 Å². The largest absolute Gasteiger partial charge is 0.469 e. The molecule has 1 aliphatic carbocycles. The van der Waals surface area contributed by atoms with E-state index in [9.17, 15) is 9.59 Å². The van der Waals surface area contributed by atoms with Crippen molar-refractivity contribution in [2.45, 2.75) is 70.1 Å². The van der Waals surface area contributed by atoms with Gasteiger partial charge < -0.3 is 14.8 Å². The average molecular weight is 540 g/mol. The number of carbonyl (C=O) groups excluding carboxylic acids is 2. The summed E-state index contributed by atoms with van der Waals surface area (Å²) >= 11 is 1.52. The second-order valence-electron chi connectivity index (χ2n) is 10.2. The van der Waals surface area contributed by atoms with Gasteiger partial charge >= 0.3 is 5.97 Å². The van der Waals surface area contributed by atoms with Crippen molar-refractivity contribution in [2.24, 2.45) is 5.92 Å². The summed E-state index contributed by atoms with van der Waals surface area (Å²) in [6.07, 6.45) is 1.05. The zero-order valence-corrected chi connectivity index (χ0v) is 22.6. The highest BCUT2D eigenvalue weighted by molar-refractivity contribution is 7.16. The third-order valence-corrected chi connectivity index (χ3v) is 8.50. The Bertz CT molecular complexity index is 1280. The van der Waals surface area contributed by atoms with Crippen molar-refractivity contribution in [3.63, 3.8) is 0 Å². The van der Waals surface area contributed by atoms with Gasteiger partial charge in [-0.15, -0.1) is 11.3 Å². The Hall–Kier alpha value is -2.88. The molecule has 1 aliphatic heterocycles. The Morgan fingerprint density at radius 3 is 2.63 bits per heavy atom. The van der Waals surface area contributed by atoms with E-state index in [1.807, 2.05) is 49.4 Å². The summed E-state index contributed by atoms with van der Waals surface area (Å²) in [7, 11) is 1.40. The quantitative estimate of drug-likeness (QED) is 0.272. The number of methoxy groups -OCH3 is 1. The van der Waals surface area contributed by atoms with E-state index in [1.165, 1.54) is 18.4 Å². The first kappa shape index (κ1) is 26.7.